The number of hydrogen-bond donors (Lipinski definition) is 1. The van der Waals surface area contributed by atoms with E-state index in [1.54, 1.807) is 6.07 Å². The molecule has 1 heterocycles. The summed E-state index contributed by atoms with van der Waals surface area (Å²) < 4.78 is 27.0. The van der Waals surface area contributed by atoms with Gasteiger partial charge in [-0.25, -0.2) is 8.42 Å². The smallest absolute Gasteiger partial charge is 0.243 e. The maximum atomic E-state index is 12.5. The monoisotopic (exact) mass is 343 g/mol. The average molecular weight is 344 g/mol. The Morgan fingerprint density at radius 1 is 1.47 bits per heavy atom. The van der Waals surface area contributed by atoms with Crippen molar-refractivity contribution >= 4 is 26.0 Å². The van der Waals surface area contributed by atoms with Crippen LogP contribution in [0, 0.1) is 17.2 Å². The molecule has 2 N–H and O–H groups in total. The van der Waals surface area contributed by atoms with Gasteiger partial charge < -0.3 is 5.73 Å². The second-order valence-corrected chi connectivity index (χ2v) is 7.39. The molecule has 1 aliphatic rings. The van der Waals surface area contributed by atoms with Gasteiger partial charge in [-0.15, -0.1) is 0 Å². The van der Waals surface area contributed by atoms with Crippen molar-refractivity contribution < 1.29 is 8.42 Å². The molecule has 1 aromatic rings. The van der Waals surface area contributed by atoms with Gasteiger partial charge in [0.25, 0.3) is 0 Å². The molecule has 1 aromatic carbocycles. The molecule has 0 saturated carbocycles. The van der Waals surface area contributed by atoms with Gasteiger partial charge in [0.15, 0.2) is 0 Å². The maximum Gasteiger partial charge on any atom is 0.243 e. The Balaban J connectivity index is 2.35. The SMILES string of the molecule is N#Cc1cc(Br)cc(S(=O)(=O)N2CCC(CN)C2)c1. The van der Waals surface area contributed by atoms with Gasteiger partial charge in [0.05, 0.1) is 16.5 Å². The summed E-state index contributed by atoms with van der Waals surface area (Å²) in [6, 6.07) is 6.47. The van der Waals surface area contributed by atoms with Crippen LogP contribution >= 0.6 is 15.9 Å². The summed E-state index contributed by atoms with van der Waals surface area (Å²) in [7, 11) is -3.54. The van der Waals surface area contributed by atoms with Crippen LogP contribution in [0.15, 0.2) is 27.6 Å². The standard InChI is InChI=1S/C12H14BrN3O2S/c13-11-3-10(7-15)4-12(5-11)19(17,18)16-2-1-9(6-14)8-16/h3-5,9H,1-2,6,8,14H2. The molecule has 1 saturated heterocycles. The maximum absolute atomic E-state index is 12.5. The molecular formula is C12H14BrN3O2S. The second-order valence-electron chi connectivity index (χ2n) is 4.54. The van der Waals surface area contributed by atoms with Crippen LogP contribution < -0.4 is 5.73 Å². The van der Waals surface area contributed by atoms with Gasteiger partial charge in [-0.3, -0.25) is 0 Å². The van der Waals surface area contributed by atoms with Crippen LogP contribution in [0.1, 0.15) is 12.0 Å². The average Bonchev–Trinajstić information content (AvgIpc) is 2.87. The molecule has 0 amide bonds. The fourth-order valence-electron chi connectivity index (χ4n) is 2.13. The van der Waals surface area contributed by atoms with Crippen molar-refractivity contribution in [3.05, 3.63) is 28.2 Å². The van der Waals surface area contributed by atoms with Crippen molar-refractivity contribution in [2.75, 3.05) is 19.6 Å². The molecule has 7 heteroatoms. The van der Waals surface area contributed by atoms with Crippen LogP contribution in [0.4, 0.5) is 0 Å². The number of benzene rings is 1. The molecule has 0 spiro atoms. The summed E-state index contributed by atoms with van der Waals surface area (Å²) in [6.07, 6.45) is 0.787. The van der Waals surface area contributed by atoms with Crippen molar-refractivity contribution in [3.63, 3.8) is 0 Å². The zero-order valence-corrected chi connectivity index (χ0v) is 12.6. The first-order valence-corrected chi connectivity index (χ1v) is 8.11. The van der Waals surface area contributed by atoms with Gasteiger partial charge in [0.1, 0.15) is 0 Å². The number of nitrogens with two attached hydrogens (primary N) is 1. The van der Waals surface area contributed by atoms with Crippen molar-refractivity contribution in [2.24, 2.45) is 11.7 Å². The molecule has 1 atom stereocenters. The van der Waals surface area contributed by atoms with E-state index in [9.17, 15) is 8.42 Å². The predicted molar refractivity (Wildman–Crippen MR) is 74.8 cm³/mol. The number of nitriles is 1. The highest BCUT2D eigenvalue weighted by Gasteiger charge is 2.32. The van der Waals surface area contributed by atoms with E-state index in [0.29, 0.717) is 29.7 Å². The highest BCUT2D eigenvalue weighted by molar-refractivity contribution is 9.10. The quantitative estimate of drug-likeness (QED) is 0.895. The summed E-state index contributed by atoms with van der Waals surface area (Å²) in [5, 5.41) is 8.90. The summed E-state index contributed by atoms with van der Waals surface area (Å²) >= 11 is 3.23. The van der Waals surface area contributed by atoms with Gasteiger partial charge in [0, 0.05) is 17.6 Å². The number of sulfonamides is 1. The van der Waals surface area contributed by atoms with Crippen LogP contribution in [0.3, 0.4) is 0 Å². The van der Waals surface area contributed by atoms with E-state index in [1.165, 1.54) is 16.4 Å². The summed E-state index contributed by atoms with van der Waals surface area (Å²) in [5.41, 5.74) is 5.90. The Kier molecular flexibility index (Phi) is 4.26. The molecule has 2 rings (SSSR count). The first kappa shape index (κ1) is 14.5. The van der Waals surface area contributed by atoms with Crippen molar-refractivity contribution in [1.29, 1.82) is 5.26 Å². The van der Waals surface area contributed by atoms with Crippen LogP contribution in [0.25, 0.3) is 0 Å². The number of hydrogen-bond acceptors (Lipinski definition) is 4. The Labute approximate surface area is 121 Å². The molecule has 0 aromatic heterocycles. The van der Waals surface area contributed by atoms with Gasteiger partial charge >= 0.3 is 0 Å². The van der Waals surface area contributed by atoms with Gasteiger partial charge in [-0.05, 0) is 37.1 Å². The van der Waals surface area contributed by atoms with E-state index in [2.05, 4.69) is 15.9 Å². The van der Waals surface area contributed by atoms with Crippen molar-refractivity contribution in [3.8, 4) is 6.07 Å². The summed E-state index contributed by atoms with van der Waals surface area (Å²) in [6.45, 7) is 1.43. The van der Waals surface area contributed by atoms with Crippen LogP contribution in [-0.4, -0.2) is 32.4 Å². The lowest BCUT2D eigenvalue weighted by atomic mass is 10.1. The Bertz CT molecular complexity index is 624. The minimum Gasteiger partial charge on any atom is -0.330 e. The molecule has 102 valence electrons. The van der Waals surface area contributed by atoms with Gasteiger partial charge in [0.2, 0.25) is 10.0 Å². The molecule has 1 aliphatic heterocycles. The van der Waals surface area contributed by atoms with E-state index in [-0.39, 0.29) is 10.8 Å². The second kappa shape index (κ2) is 5.59. The van der Waals surface area contributed by atoms with E-state index >= 15 is 0 Å². The third-order valence-electron chi connectivity index (χ3n) is 3.22. The topological polar surface area (TPSA) is 87.2 Å². The fourth-order valence-corrected chi connectivity index (χ4v) is 4.38. The van der Waals surface area contributed by atoms with Crippen LogP contribution in [-0.2, 0) is 10.0 Å². The third-order valence-corrected chi connectivity index (χ3v) is 5.52. The van der Waals surface area contributed by atoms with Crippen molar-refractivity contribution in [2.45, 2.75) is 11.3 Å². The Morgan fingerprint density at radius 2 is 2.21 bits per heavy atom. The molecule has 1 fully saturated rings. The van der Waals surface area contributed by atoms with E-state index < -0.39 is 10.0 Å². The molecule has 19 heavy (non-hydrogen) atoms. The van der Waals surface area contributed by atoms with E-state index in [4.69, 9.17) is 11.0 Å². The summed E-state index contributed by atoms with van der Waals surface area (Å²) in [5.74, 6) is 0.220. The molecule has 0 bridgehead atoms. The zero-order valence-electron chi connectivity index (χ0n) is 10.2. The van der Waals surface area contributed by atoms with Gasteiger partial charge in [-0.2, -0.15) is 9.57 Å². The largest absolute Gasteiger partial charge is 0.330 e. The Hall–Kier alpha value is -0.940. The molecule has 1 unspecified atom stereocenters. The minimum absolute atomic E-state index is 0.149. The zero-order chi connectivity index (χ0) is 14.0. The van der Waals surface area contributed by atoms with Crippen molar-refractivity contribution in [1.82, 2.24) is 4.31 Å². The highest BCUT2D eigenvalue weighted by atomic mass is 79.9. The predicted octanol–water partition coefficient (Wildman–Crippen LogP) is 1.29. The third kappa shape index (κ3) is 2.98. The molecule has 0 aliphatic carbocycles. The van der Waals surface area contributed by atoms with Crippen LogP contribution in [0.2, 0.25) is 0 Å². The van der Waals surface area contributed by atoms with E-state index in [1.807, 2.05) is 6.07 Å². The normalized spacial score (nSPS) is 20.4. The van der Waals surface area contributed by atoms with E-state index in [0.717, 1.165) is 6.42 Å². The number of nitrogens with zero attached hydrogens (tertiary/aromatic N) is 2. The van der Waals surface area contributed by atoms with Crippen LogP contribution in [0.5, 0.6) is 0 Å². The number of halogens is 1. The first-order valence-electron chi connectivity index (χ1n) is 5.88. The number of rotatable bonds is 3. The lowest BCUT2D eigenvalue weighted by Crippen LogP contribution is -2.30. The molecule has 0 radical (unpaired) electrons. The van der Waals surface area contributed by atoms with Gasteiger partial charge in [-0.1, -0.05) is 15.9 Å². The minimum atomic E-state index is -3.54. The Morgan fingerprint density at radius 3 is 2.79 bits per heavy atom. The fraction of sp³-hybridized carbons (Fsp3) is 0.417. The first-order chi connectivity index (χ1) is 8.97. The lowest BCUT2D eigenvalue weighted by Gasteiger charge is -2.16. The molecular weight excluding hydrogens is 330 g/mol. The lowest BCUT2D eigenvalue weighted by molar-refractivity contribution is 0.459. The highest BCUT2D eigenvalue weighted by Crippen LogP contribution is 2.26. The summed E-state index contributed by atoms with van der Waals surface area (Å²) in [4.78, 5) is 0.149. The molecule has 5 nitrogen and oxygen atoms in total.